The van der Waals surface area contributed by atoms with Crippen molar-refractivity contribution in [3.05, 3.63) is 34.3 Å². The first-order valence-electron chi connectivity index (χ1n) is 32.6. The van der Waals surface area contributed by atoms with Crippen molar-refractivity contribution in [2.75, 3.05) is 68.5 Å². The fourth-order valence-electron chi connectivity index (χ4n) is 13.2. The molecule has 91 heavy (non-hydrogen) atoms. The second-order valence-electron chi connectivity index (χ2n) is 26.7. The molecule has 22 nitrogen and oxygen atoms in total. The summed E-state index contributed by atoms with van der Waals surface area (Å²) in [5, 5.41) is 11.0. The van der Waals surface area contributed by atoms with Crippen molar-refractivity contribution in [1.82, 2.24) is 55.6 Å². The molecule has 2 heterocycles. The third-order valence-corrected chi connectivity index (χ3v) is 19.5. The van der Waals surface area contributed by atoms with Gasteiger partial charge in [-0.15, -0.1) is 0 Å². The highest BCUT2D eigenvalue weighted by atomic mass is 35.5. The van der Waals surface area contributed by atoms with Crippen LogP contribution in [0.3, 0.4) is 0 Å². The van der Waals surface area contributed by atoms with Gasteiger partial charge in [0.15, 0.2) is 0 Å². The summed E-state index contributed by atoms with van der Waals surface area (Å²) >= 11 is 6.12. The van der Waals surface area contributed by atoms with Crippen LogP contribution in [0.2, 0.25) is 5.02 Å². The van der Waals surface area contributed by atoms with E-state index in [1.807, 2.05) is 34.6 Å². The predicted molar refractivity (Wildman–Crippen MR) is 337 cm³/mol. The Balaban J connectivity index is 1.55. The number of carbonyl (C=O) groups excluding carboxylic acids is 11. The molecule has 0 bridgehead atoms. The summed E-state index contributed by atoms with van der Waals surface area (Å²) in [5.41, 5.74) is -2.25. The maximum Gasteiger partial charge on any atom is 0.417 e. The summed E-state index contributed by atoms with van der Waals surface area (Å²) in [6.45, 7) is 11.1. The number of hydrogen-bond acceptors (Lipinski definition) is 11. The number of nitrogens with zero attached hydrogens (tertiary/aromatic N) is 7. The van der Waals surface area contributed by atoms with Crippen molar-refractivity contribution in [3.63, 3.8) is 0 Å². The Bertz CT molecular complexity index is 2780. The van der Waals surface area contributed by atoms with Gasteiger partial charge in [-0.25, -0.2) is 0 Å². The third kappa shape index (κ3) is 19.8. The number of alkyl halides is 3. The number of fused-ring (bicyclic) bond motifs is 1. The lowest BCUT2D eigenvalue weighted by Crippen LogP contribution is -2.64. The summed E-state index contributed by atoms with van der Waals surface area (Å²) in [7, 11) is 8.58. The third-order valence-electron chi connectivity index (χ3n) is 19.2. The highest BCUT2D eigenvalue weighted by Gasteiger charge is 2.50. The highest BCUT2D eigenvalue weighted by molar-refractivity contribution is 6.31. The molecule has 2 saturated carbocycles. The average Bonchev–Trinajstić information content (AvgIpc) is 1.95. The van der Waals surface area contributed by atoms with Crippen LogP contribution in [0.1, 0.15) is 169 Å². The second kappa shape index (κ2) is 33.4. The molecule has 1 spiro atoms. The standard InChI is InChI=1S/C65H101ClF3N11O11/c1-14-40(5)55-62(90)76(10)37-53(83)74(8)38-54(84)78(12)50(35-43-22-17-16-18-23-43)61(89)75(9)36-51(81)71-47(28-26-44-25-27-45(46(66)34-44)65(67,68)69)60(88)80-31-21-24-48(80)58(86)73-64(29-19-20-30-64)63(91)79(13)56(41(6)15-2)59(87)70-42(7)33-52(82)77(11)49(32-39(3)4)57(85)72-55/h25,27,34,39-43,47-50,55-56H,14-24,26,28-33,35-38H2,1-13H3,(H,70,87)(H,71,81)(H,72,85)(H,73,86)/t40-,41-,42+,47-,48?,49-,50-,55-,56-/m0/s1. The summed E-state index contributed by atoms with van der Waals surface area (Å²) < 4.78 is 41.3. The molecule has 0 radical (unpaired) electrons. The van der Waals surface area contributed by atoms with Crippen LogP contribution in [-0.4, -0.2) is 216 Å². The van der Waals surface area contributed by atoms with E-state index in [2.05, 4.69) is 21.3 Å². The van der Waals surface area contributed by atoms with Gasteiger partial charge in [0, 0.05) is 61.3 Å². The van der Waals surface area contributed by atoms with E-state index < -0.39 is 161 Å². The van der Waals surface area contributed by atoms with Crippen molar-refractivity contribution in [1.29, 1.82) is 0 Å². The molecule has 11 amide bonds. The zero-order chi connectivity index (χ0) is 68.0. The number of nitrogens with one attached hydrogen (secondary N) is 4. The van der Waals surface area contributed by atoms with Crippen LogP contribution in [0.25, 0.3) is 0 Å². The molecule has 2 saturated heterocycles. The van der Waals surface area contributed by atoms with Crippen molar-refractivity contribution in [2.24, 2.45) is 23.7 Å². The lowest BCUT2D eigenvalue weighted by molar-refractivity contribution is -0.149. The number of benzene rings is 1. The Hall–Kier alpha value is -6.53. The number of aryl methyl sites for hydroxylation is 1. The molecule has 4 fully saturated rings. The van der Waals surface area contributed by atoms with Crippen molar-refractivity contribution < 1.29 is 65.9 Å². The van der Waals surface area contributed by atoms with Crippen molar-refractivity contribution in [2.45, 2.75) is 218 Å². The van der Waals surface area contributed by atoms with E-state index in [0.717, 1.165) is 58.9 Å². The van der Waals surface area contributed by atoms with Gasteiger partial charge in [0.1, 0.15) is 41.8 Å². The van der Waals surface area contributed by atoms with Crippen LogP contribution in [0.5, 0.6) is 0 Å². The van der Waals surface area contributed by atoms with Crippen LogP contribution in [-0.2, 0) is 65.3 Å². The van der Waals surface area contributed by atoms with Crippen LogP contribution >= 0.6 is 11.6 Å². The highest BCUT2D eigenvalue weighted by Crippen LogP contribution is 2.37. The van der Waals surface area contributed by atoms with Gasteiger partial charge < -0.3 is 55.6 Å². The molecule has 4 aliphatic rings. The zero-order valence-corrected chi connectivity index (χ0v) is 56.5. The van der Waals surface area contributed by atoms with Crippen LogP contribution < -0.4 is 21.3 Å². The number of hydrogen-bond donors (Lipinski definition) is 4. The molecular formula is C65H101ClF3N11O11. The molecule has 2 aliphatic heterocycles. The molecular weight excluding hydrogens is 1200 g/mol. The normalized spacial score (nSPS) is 26.5. The van der Waals surface area contributed by atoms with Crippen LogP contribution in [0, 0.1) is 23.7 Å². The van der Waals surface area contributed by atoms with Gasteiger partial charge in [0.25, 0.3) is 0 Å². The van der Waals surface area contributed by atoms with E-state index in [9.17, 15) is 56.3 Å². The first-order valence-corrected chi connectivity index (χ1v) is 32.9. The van der Waals surface area contributed by atoms with E-state index in [0.29, 0.717) is 37.7 Å². The SMILES string of the molecule is CC[C@H](C)[C@@H]1NC(=O)[C@H](CC(C)C)N(C)C(=O)C[C@@H](C)NC(=O)[C@H]([C@@H](C)CC)N(C)C(=O)C2(CCCC2)NC(=O)C2CCCN2C(=O)[C@H](CCc2ccc(C(F)(F)F)c(Cl)c2)NC(=O)CN(C)C(=O)[C@H](CC2CCCCC2)N(C)C(=O)CN(C)C(=O)CN(C)C1=O. The molecule has 1 aromatic rings. The van der Waals surface area contributed by atoms with Crippen molar-refractivity contribution in [3.8, 4) is 0 Å². The molecule has 510 valence electrons. The largest absolute Gasteiger partial charge is 0.417 e. The predicted octanol–water partition coefficient (Wildman–Crippen LogP) is 5.55. The smallest absolute Gasteiger partial charge is 0.351 e. The van der Waals surface area contributed by atoms with Gasteiger partial charge in [0.05, 0.1) is 30.2 Å². The van der Waals surface area contributed by atoms with Crippen LogP contribution in [0.4, 0.5) is 13.2 Å². The summed E-state index contributed by atoms with van der Waals surface area (Å²) in [4.78, 5) is 168. The van der Waals surface area contributed by atoms with E-state index >= 15 is 9.59 Å². The van der Waals surface area contributed by atoms with Gasteiger partial charge >= 0.3 is 6.18 Å². The second-order valence-corrected chi connectivity index (χ2v) is 27.1. The lowest BCUT2D eigenvalue weighted by atomic mass is 9.84. The summed E-state index contributed by atoms with van der Waals surface area (Å²) in [6, 6.07) is -4.57. The fraction of sp³-hybridized carbons (Fsp3) is 0.738. The maximum atomic E-state index is 15.1. The van der Waals surface area contributed by atoms with Gasteiger partial charge in [0.2, 0.25) is 65.0 Å². The van der Waals surface area contributed by atoms with E-state index in [-0.39, 0.29) is 69.7 Å². The first kappa shape index (κ1) is 75.2. The molecule has 1 unspecified atom stereocenters. The minimum absolute atomic E-state index is 0.0336. The van der Waals surface area contributed by atoms with E-state index in [1.54, 1.807) is 13.8 Å². The number of halogens is 4. The molecule has 5 rings (SSSR count). The molecule has 2 aliphatic carbocycles. The number of rotatable bonds is 11. The van der Waals surface area contributed by atoms with Gasteiger partial charge in [-0.2, -0.15) is 13.2 Å². The molecule has 4 N–H and O–H groups in total. The van der Waals surface area contributed by atoms with E-state index in [1.165, 1.54) is 68.0 Å². The Morgan fingerprint density at radius 2 is 1.24 bits per heavy atom. The Labute approximate surface area is 540 Å². The number of amides is 11. The number of likely N-dealkylation sites (N-methyl/N-ethyl adjacent to an activating group) is 6. The first-order chi connectivity index (χ1) is 42.7. The molecule has 0 aromatic heterocycles. The maximum absolute atomic E-state index is 15.1. The molecule has 1 aromatic carbocycles. The fourth-order valence-corrected chi connectivity index (χ4v) is 13.5. The summed E-state index contributed by atoms with van der Waals surface area (Å²) in [6.07, 6.45) is 2.53. The zero-order valence-electron chi connectivity index (χ0n) is 55.8. The van der Waals surface area contributed by atoms with Gasteiger partial charge in [-0.3, -0.25) is 52.7 Å². The van der Waals surface area contributed by atoms with E-state index in [4.69, 9.17) is 11.6 Å². The summed E-state index contributed by atoms with van der Waals surface area (Å²) in [5.74, 6) is -7.71. The number of carbonyl (C=O) groups is 11. The average molecular weight is 1310 g/mol. The topological polar surface area (TPSA) is 259 Å². The molecule has 26 heteroatoms. The van der Waals surface area contributed by atoms with Gasteiger partial charge in [-0.05, 0) is 99.7 Å². The quantitative estimate of drug-likeness (QED) is 0.213. The molecule has 9 atom stereocenters. The van der Waals surface area contributed by atoms with Crippen LogP contribution in [0.15, 0.2) is 18.2 Å². The Kier molecular flexibility index (Phi) is 27.6. The Morgan fingerprint density at radius 3 is 1.84 bits per heavy atom. The monoisotopic (exact) mass is 1300 g/mol. The minimum Gasteiger partial charge on any atom is -0.351 e. The minimum atomic E-state index is -4.74. The lowest BCUT2D eigenvalue weighted by Gasteiger charge is -2.40. The van der Waals surface area contributed by atoms with Gasteiger partial charge in [-0.1, -0.05) is 117 Å². The Morgan fingerprint density at radius 1 is 0.637 bits per heavy atom. The van der Waals surface area contributed by atoms with Crippen molar-refractivity contribution >= 4 is 76.6 Å².